The predicted octanol–water partition coefficient (Wildman–Crippen LogP) is 3.91. The van der Waals surface area contributed by atoms with Gasteiger partial charge in [0.05, 0.1) is 11.4 Å². The summed E-state index contributed by atoms with van der Waals surface area (Å²) in [6.07, 6.45) is 0.620. The van der Waals surface area contributed by atoms with Crippen molar-refractivity contribution in [3.8, 4) is 0 Å². The number of carbonyl (C=O) groups is 1. The molecule has 0 saturated carbocycles. The Labute approximate surface area is 188 Å². The normalized spacial score (nSPS) is 15.8. The van der Waals surface area contributed by atoms with Gasteiger partial charge in [0.15, 0.2) is 0 Å². The number of nitrogens with two attached hydrogens (primary N) is 1. The quantitative estimate of drug-likeness (QED) is 0.494. The van der Waals surface area contributed by atoms with Crippen molar-refractivity contribution in [2.45, 2.75) is 19.4 Å². The molecule has 0 spiro atoms. The van der Waals surface area contributed by atoms with Crippen molar-refractivity contribution in [2.24, 2.45) is 0 Å². The molecule has 7 nitrogen and oxygen atoms in total. The molecule has 0 aliphatic carbocycles. The molecular formula is C24H26N4O3S. The van der Waals surface area contributed by atoms with Crippen molar-refractivity contribution in [3.05, 3.63) is 83.9 Å². The number of hydrogen-bond donors (Lipinski definition) is 3. The number of sulfonamides is 1. The summed E-state index contributed by atoms with van der Waals surface area (Å²) in [5.41, 5.74) is 10.1. The summed E-state index contributed by atoms with van der Waals surface area (Å²) in [6, 6.07) is 21.3. The number of nitrogens with one attached hydrogen (secondary N) is 2. The van der Waals surface area contributed by atoms with E-state index in [2.05, 4.69) is 10.6 Å². The zero-order chi connectivity index (χ0) is 22.7. The van der Waals surface area contributed by atoms with E-state index in [1.807, 2.05) is 49.4 Å². The summed E-state index contributed by atoms with van der Waals surface area (Å²) in [7, 11) is -3.26. The van der Waals surface area contributed by atoms with Gasteiger partial charge in [-0.15, -0.1) is 0 Å². The smallest absolute Gasteiger partial charge is 0.251 e. The number of anilines is 4. The molecule has 8 heteroatoms. The van der Waals surface area contributed by atoms with Gasteiger partial charge < -0.3 is 16.4 Å². The van der Waals surface area contributed by atoms with E-state index in [0.717, 1.165) is 16.8 Å². The van der Waals surface area contributed by atoms with Crippen LogP contribution in [0.25, 0.3) is 0 Å². The Kier molecular flexibility index (Phi) is 6.05. The van der Waals surface area contributed by atoms with Crippen LogP contribution in [0.15, 0.2) is 72.8 Å². The lowest BCUT2D eigenvalue weighted by Crippen LogP contribution is -2.28. The number of nitrogen functional groups attached to an aromatic ring is 1. The van der Waals surface area contributed by atoms with Crippen molar-refractivity contribution in [2.75, 3.05) is 33.0 Å². The van der Waals surface area contributed by atoms with Crippen molar-refractivity contribution in [1.82, 2.24) is 0 Å². The van der Waals surface area contributed by atoms with E-state index in [4.69, 9.17) is 5.73 Å². The molecule has 1 fully saturated rings. The molecular weight excluding hydrogens is 424 g/mol. The highest BCUT2D eigenvalue weighted by Gasteiger charge is 2.29. The Hall–Kier alpha value is -3.52. The maximum Gasteiger partial charge on any atom is 0.251 e. The number of hydrogen-bond acceptors (Lipinski definition) is 5. The number of nitrogens with zero attached hydrogens (tertiary/aromatic N) is 1. The molecule has 1 aliphatic heterocycles. The first kappa shape index (κ1) is 21.7. The first-order valence-electron chi connectivity index (χ1n) is 10.4. The molecule has 1 saturated heterocycles. The first-order chi connectivity index (χ1) is 15.3. The Morgan fingerprint density at radius 1 is 1.00 bits per heavy atom. The fraction of sp³-hybridized carbons (Fsp3) is 0.208. The zero-order valence-electron chi connectivity index (χ0n) is 17.8. The van der Waals surface area contributed by atoms with Gasteiger partial charge in [-0.3, -0.25) is 9.10 Å². The second-order valence-corrected chi connectivity index (χ2v) is 9.86. The van der Waals surface area contributed by atoms with E-state index < -0.39 is 16.1 Å². The van der Waals surface area contributed by atoms with E-state index in [1.165, 1.54) is 4.31 Å². The summed E-state index contributed by atoms with van der Waals surface area (Å²) < 4.78 is 26.0. The third-order valence-corrected chi connectivity index (χ3v) is 7.28. The van der Waals surface area contributed by atoms with Gasteiger partial charge in [-0.25, -0.2) is 8.42 Å². The van der Waals surface area contributed by atoms with Crippen molar-refractivity contribution in [1.29, 1.82) is 0 Å². The van der Waals surface area contributed by atoms with Crippen LogP contribution < -0.4 is 20.7 Å². The van der Waals surface area contributed by atoms with E-state index in [-0.39, 0.29) is 11.7 Å². The van der Waals surface area contributed by atoms with Gasteiger partial charge in [0.2, 0.25) is 10.0 Å². The van der Waals surface area contributed by atoms with Gasteiger partial charge in [-0.1, -0.05) is 36.4 Å². The Balaban J connectivity index is 1.57. The number of benzene rings is 3. The maximum absolute atomic E-state index is 13.2. The summed E-state index contributed by atoms with van der Waals surface area (Å²) in [5, 5.41) is 6.21. The van der Waals surface area contributed by atoms with E-state index in [9.17, 15) is 13.2 Å². The van der Waals surface area contributed by atoms with Gasteiger partial charge in [0.1, 0.15) is 6.04 Å². The van der Waals surface area contributed by atoms with Gasteiger partial charge in [-0.2, -0.15) is 0 Å². The van der Waals surface area contributed by atoms with E-state index >= 15 is 0 Å². The van der Waals surface area contributed by atoms with E-state index in [1.54, 1.807) is 30.3 Å². The highest BCUT2D eigenvalue weighted by Crippen LogP contribution is 2.30. The molecule has 32 heavy (non-hydrogen) atoms. The van der Waals surface area contributed by atoms with Crippen LogP contribution in [0.4, 0.5) is 22.7 Å². The molecule has 4 N–H and O–H groups in total. The third-order valence-electron chi connectivity index (χ3n) is 5.43. The first-order valence-corrected chi connectivity index (χ1v) is 12.0. The highest BCUT2D eigenvalue weighted by molar-refractivity contribution is 7.93. The number of rotatable bonds is 6. The fourth-order valence-corrected chi connectivity index (χ4v) is 5.50. The van der Waals surface area contributed by atoms with Crippen LogP contribution in [0, 0.1) is 6.92 Å². The van der Waals surface area contributed by atoms with Crippen molar-refractivity contribution >= 4 is 38.7 Å². The monoisotopic (exact) mass is 450 g/mol. The van der Waals surface area contributed by atoms with Gasteiger partial charge in [0.25, 0.3) is 5.91 Å². The molecule has 0 radical (unpaired) electrons. The summed E-state index contributed by atoms with van der Waals surface area (Å²) in [5.74, 6) is -0.0705. The van der Waals surface area contributed by atoms with Crippen LogP contribution >= 0.6 is 0 Å². The zero-order valence-corrected chi connectivity index (χ0v) is 18.6. The Morgan fingerprint density at radius 2 is 1.78 bits per heavy atom. The lowest BCUT2D eigenvalue weighted by Gasteiger charge is -2.22. The Bertz CT molecular complexity index is 1230. The largest absolute Gasteiger partial charge is 0.399 e. The summed E-state index contributed by atoms with van der Waals surface area (Å²) in [4.78, 5) is 13.2. The van der Waals surface area contributed by atoms with Gasteiger partial charge in [0, 0.05) is 23.6 Å². The van der Waals surface area contributed by atoms with Crippen molar-refractivity contribution in [3.63, 3.8) is 0 Å². The number of amides is 1. The van der Waals surface area contributed by atoms with Crippen LogP contribution in [0.1, 0.15) is 23.6 Å². The minimum absolute atomic E-state index is 0.166. The fourth-order valence-electron chi connectivity index (χ4n) is 3.88. The molecule has 1 heterocycles. The molecule has 1 unspecified atom stereocenters. The predicted molar refractivity (Wildman–Crippen MR) is 129 cm³/mol. The summed E-state index contributed by atoms with van der Waals surface area (Å²) in [6.45, 7) is 2.33. The minimum Gasteiger partial charge on any atom is -0.399 e. The topological polar surface area (TPSA) is 105 Å². The van der Waals surface area contributed by atoms with Crippen LogP contribution in [0.3, 0.4) is 0 Å². The Morgan fingerprint density at radius 3 is 2.44 bits per heavy atom. The van der Waals surface area contributed by atoms with E-state index in [0.29, 0.717) is 30.0 Å². The van der Waals surface area contributed by atoms with Crippen LogP contribution in [0.2, 0.25) is 0 Å². The average Bonchev–Trinajstić information content (AvgIpc) is 3.11. The van der Waals surface area contributed by atoms with Crippen LogP contribution in [-0.4, -0.2) is 26.6 Å². The second-order valence-electron chi connectivity index (χ2n) is 7.85. The molecule has 1 aliphatic rings. The molecule has 1 amide bonds. The van der Waals surface area contributed by atoms with Gasteiger partial charge in [-0.05, 0) is 60.9 Å². The molecule has 0 bridgehead atoms. The van der Waals surface area contributed by atoms with Crippen molar-refractivity contribution < 1.29 is 13.2 Å². The average molecular weight is 451 g/mol. The number of aryl methyl sites for hydroxylation is 1. The molecule has 166 valence electrons. The molecule has 4 rings (SSSR count). The lowest BCUT2D eigenvalue weighted by atomic mass is 10.1. The van der Waals surface area contributed by atoms with Gasteiger partial charge >= 0.3 is 0 Å². The standard InChI is InChI=1S/C24H26N4O3S/c1-17-15-21(11-12-22(17)28-13-6-14-32(28,30)31)27-24(29)23(18-7-3-2-4-8-18)26-20-10-5-9-19(25)16-20/h2-5,7-12,15-16,23,26H,6,13-14,25H2,1H3,(H,27,29). The third kappa shape index (κ3) is 4.70. The molecule has 0 aromatic heterocycles. The highest BCUT2D eigenvalue weighted by atomic mass is 32.2. The summed E-state index contributed by atoms with van der Waals surface area (Å²) >= 11 is 0. The number of carbonyl (C=O) groups excluding carboxylic acids is 1. The lowest BCUT2D eigenvalue weighted by molar-refractivity contribution is -0.117. The minimum atomic E-state index is -3.26. The molecule has 1 atom stereocenters. The molecule has 3 aromatic rings. The van der Waals surface area contributed by atoms with Crippen LogP contribution in [-0.2, 0) is 14.8 Å². The second kappa shape index (κ2) is 8.92. The maximum atomic E-state index is 13.2. The van der Waals surface area contributed by atoms with Crippen LogP contribution in [0.5, 0.6) is 0 Å². The molecule has 3 aromatic carbocycles. The SMILES string of the molecule is Cc1cc(NC(=O)C(Nc2cccc(N)c2)c2ccccc2)ccc1N1CCCS1(=O)=O.